The normalized spacial score (nSPS) is 10.0. The van der Waals surface area contributed by atoms with Crippen molar-refractivity contribution in [3.63, 3.8) is 0 Å². The number of carbonyl (C=O) groups is 1. The highest BCUT2D eigenvalue weighted by Crippen LogP contribution is 2.15. The van der Waals surface area contributed by atoms with Gasteiger partial charge in [-0.05, 0) is 48.5 Å². The van der Waals surface area contributed by atoms with Gasteiger partial charge < -0.3 is 20.5 Å². The highest BCUT2D eigenvalue weighted by molar-refractivity contribution is 6.30. The molecule has 0 aromatic heterocycles. The Morgan fingerprint density at radius 3 is 2.41 bits per heavy atom. The zero-order valence-corrected chi connectivity index (χ0v) is 12.6. The minimum Gasteiger partial charge on any atom is -0.508 e. The molecule has 116 valence electrons. The molecule has 2 rings (SSSR count). The van der Waals surface area contributed by atoms with Crippen molar-refractivity contribution < 1.29 is 14.6 Å². The molecule has 3 N–H and O–H groups in total. The molecule has 0 aliphatic rings. The molecule has 2 aromatic rings. The van der Waals surface area contributed by atoms with E-state index < -0.39 is 0 Å². The van der Waals surface area contributed by atoms with Crippen LogP contribution in [0.25, 0.3) is 0 Å². The zero-order chi connectivity index (χ0) is 15.8. The van der Waals surface area contributed by atoms with Crippen LogP contribution in [0.1, 0.15) is 0 Å². The number of nitrogens with one attached hydrogen (secondary N) is 2. The van der Waals surface area contributed by atoms with Crippen LogP contribution < -0.4 is 15.4 Å². The van der Waals surface area contributed by atoms with Crippen LogP contribution in [-0.4, -0.2) is 30.7 Å². The van der Waals surface area contributed by atoms with Gasteiger partial charge in [0.25, 0.3) is 5.91 Å². The molecule has 2 aromatic carbocycles. The van der Waals surface area contributed by atoms with Crippen molar-refractivity contribution in [3.05, 3.63) is 53.6 Å². The average molecular weight is 321 g/mol. The molecular formula is C16H17ClN2O3. The molecule has 0 atom stereocenters. The van der Waals surface area contributed by atoms with Gasteiger partial charge in [0.1, 0.15) is 11.5 Å². The van der Waals surface area contributed by atoms with E-state index in [0.717, 1.165) is 5.69 Å². The van der Waals surface area contributed by atoms with Crippen molar-refractivity contribution in [2.75, 3.05) is 25.0 Å². The first kappa shape index (κ1) is 16.0. The summed E-state index contributed by atoms with van der Waals surface area (Å²) in [6.45, 7) is 1.03. The summed E-state index contributed by atoms with van der Waals surface area (Å²) in [5, 5.41) is 15.7. The van der Waals surface area contributed by atoms with Gasteiger partial charge >= 0.3 is 0 Å². The average Bonchev–Trinajstić information content (AvgIpc) is 2.53. The van der Waals surface area contributed by atoms with Gasteiger partial charge in [0.2, 0.25) is 0 Å². The van der Waals surface area contributed by atoms with Crippen molar-refractivity contribution in [1.29, 1.82) is 0 Å². The molecule has 0 spiro atoms. The molecule has 0 saturated heterocycles. The lowest BCUT2D eigenvalue weighted by Crippen LogP contribution is -2.32. The van der Waals surface area contributed by atoms with E-state index in [1.54, 1.807) is 24.3 Å². The molecule has 0 unspecified atom stereocenters. The maximum atomic E-state index is 11.6. The van der Waals surface area contributed by atoms with Crippen LogP contribution in [-0.2, 0) is 4.79 Å². The van der Waals surface area contributed by atoms with Crippen molar-refractivity contribution in [2.24, 2.45) is 0 Å². The molecule has 0 fully saturated rings. The van der Waals surface area contributed by atoms with E-state index in [0.29, 0.717) is 23.9 Å². The standard InChI is InChI=1S/C16H17ClN2O3/c17-12-1-3-13(4-2-12)18-9-10-19-16(21)11-22-15-7-5-14(20)6-8-15/h1-8,18,20H,9-11H2,(H,19,21). The summed E-state index contributed by atoms with van der Waals surface area (Å²) in [5.74, 6) is 0.489. The van der Waals surface area contributed by atoms with Crippen LogP contribution >= 0.6 is 11.6 Å². The third kappa shape index (κ3) is 5.54. The Hall–Kier alpha value is -2.40. The van der Waals surface area contributed by atoms with E-state index in [4.69, 9.17) is 21.4 Å². The van der Waals surface area contributed by atoms with Gasteiger partial charge in [-0.3, -0.25) is 4.79 Å². The summed E-state index contributed by atoms with van der Waals surface area (Å²) in [5.41, 5.74) is 0.944. The number of rotatable bonds is 7. The zero-order valence-electron chi connectivity index (χ0n) is 11.9. The summed E-state index contributed by atoms with van der Waals surface area (Å²) < 4.78 is 5.29. The molecular weight excluding hydrogens is 304 g/mol. The van der Waals surface area contributed by atoms with Gasteiger partial charge in [-0.25, -0.2) is 0 Å². The lowest BCUT2D eigenvalue weighted by Gasteiger charge is -2.09. The van der Waals surface area contributed by atoms with E-state index in [9.17, 15) is 4.79 Å². The van der Waals surface area contributed by atoms with E-state index in [1.165, 1.54) is 12.1 Å². The number of aromatic hydroxyl groups is 1. The van der Waals surface area contributed by atoms with E-state index in [1.807, 2.05) is 12.1 Å². The summed E-state index contributed by atoms with van der Waals surface area (Å²) in [7, 11) is 0. The largest absolute Gasteiger partial charge is 0.508 e. The predicted octanol–water partition coefficient (Wildman–Crippen LogP) is 2.65. The number of phenolic OH excluding ortho intramolecular Hbond substituents is 1. The quantitative estimate of drug-likeness (QED) is 0.686. The monoisotopic (exact) mass is 320 g/mol. The lowest BCUT2D eigenvalue weighted by atomic mass is 10.3. The molecule has 0 aliphatic heterocycles. The second-order valence-electron chi connectivity index (χ2n) is 4.57. The topological polar surface area (TPSA) is 70.6 Å². The second kappa shape index (κ2) is 8.14. The number of ether oxygens (including phenoxy) is 1. The molecule has 6 heteroatoms. The minimum atomic E-state index is -0.203. The van der Waals surface area contributed by atoms with Gasteiger partial charge in [0.05, 0.1) is 0 Å². The number of halogens is 1. The Balaban J connectivity index is 1.61. The molecule has 0 aliphatic carbocycles. The molecule has 5 nitrogen and oxygen atoms in total. The highest BCUT2D eigenvalue weighted by Gasteiger charge is 2.02. The predicted molar refractivity (Wildman–Crippen MR) is 86.6 cm³/mol. The van der Waals surface area contributed by atoms with Crippen molar-refractivity contribution in [3.8, 4) is 11.5 Å². The third-order valence-electron chi connectivity index (χ3n) is 2.83. The maximum Gasteiger partial charge on any atom is 0.258 e. The number of amides is 1. The van der Waals surface area contributed by atoms with Crippen molar-refractivity contribution >= 4 is 23.2 Å². The van der Waals surface area contributed by atoms with Crippen LogP contribution in [0.5, 0.6) is 11.5 Å². The lowest BCUT2D eigenvalue weighted by molar-refractivity contribution is -0.123. The fourth-order valence-corrected chi connectivity index (χ4v) is 1.84. The number of benzene rings is 2. The fraction of sp³-hybridized carbons (Fsp3) is 0.188. The number of carbonyl (C=O) groups excluding carboxylic acids is 1. The van der Waals surface area contributed by atoms with Crippen molar-refractivity contribution in [2.45, 2.75) is 0 Å². The number of hydrogen-bond acceptors (Lipinski definition) is 4. The Morgan fingerprint density at radius 1 is 1.05 bits per heavy atom. The molecule has 22 heavy (non-hydrogen) atoms. The molecule has 1 amide bonds. The SMILES string of the molecule is O=C(COc1ccc(O)cc1)NCCNc1ccc(Cl)cc1. The smallest absolute Gasteiger partial charge is 0.258 e. The van der Waals surface area contributed by atoms with Crippen LogP contribution in [0.4, 0.5) is 5.69 Å². The first-order valence-corrected chi connectivity index (χ1v) is 7.19. The summed E-state index contributed by atoms with van der Waals surface area (Å²) in [4.78, 5) is 11.6. The van der Waals surface area contributed by atoms with Gasteiger partial charge in [0.15, 0.2) is 6.61 Å². The second-order valence-corrected chi connectivity index (χ2v) is 5.00. The van der Waals surface area contributed by atoms with E-state index in [-0.39, 0.29) is 18.3 Å². The maximum absolute atomic E-state index is 11.6. The fourth-order valence-electron chi connectivity index (χ4n) is 1.72. The summed E-state index contributed by atoms with van der Waals surface area (Å²) >= 11 is 5.80. The Labute approximate surface area is 133 Å². The van der Waals surface area contributed by atoms with Crippen LogP contribution in [0.3, 0.4) is 0 Å². The number of hydrogen-bond donors (Lipinski definition) is 3. The Morgan fingerprint density at radius 2 is 1.73 bits per heavy atom. The Bertz CT molecular complexity index is 600. The molecule has 0 saturated carbocycles. The van der Waals surface area contributed by atoms with Crippen LogP contribution in [0, 0.1) is 0 Å². The van der Waals surface area contributed by atoms with Crippen molar-refractivity contribution in [1.82, 2.24) is 5.32 Å². The Kier molecular flexibility index (Phi) is 5.91. The molecule has 0 radical (unpaired) electrons. The van der Waals surface area contributed by atoms with E-state index in [2.05, 4.69) is 10.6 Å². The minimum absolute atomic E-state index is 0.0638. The summed E-state index contributed by atoms with van der Waals surface area (Å²) in [6.07, 6.45) is 0. The number of anilines is 1. The van der Waals surface area contributed by atoms with Gasteiger partial charge in [-0.15, -0.1) is 0 Å². The van der Waals surface area contributed by atoms with Crippen LogP contribution in [0.2, 0.25) is 5.02 Å². The van der Waals surface area contributed by atoms with Gasteiger partial charge in [-0.1, -0.05) is 11.6 Å². The highest BCUT2D eigenvalue weighted by atomic mass is 35.5. The van der Waals surface area contributed by atoms with Gasteiger partial charge in [-0.2, -0.15) is 0 Å². The number of phenols is 1. The first-order chi connectivity index (χ1) is 10.6. The first-order valence-electron chi connectivity index (χ1n) is 6.81. The molecule has 0 heterocycles. The molecule has 0 bridgehead atoms. The van der Waals surface area contributed by atoms with Crippen LogP contribution in [0.15, 0.2) is 48.5 Å². The third-order valence-corrected chi connectivity index (χ3v) is 3.08. The van der Waals surface area contributed by atoms with E-state index >= 15 is 0 Å². The van der Waals surface area contributed by atoms with Gasteiger partial charge in [0, 0.05) is 23.8 Å². The summed E-state index contributed by atoms with van der Waals surface area (Å²) in [6, 6.07) is 13.6.